The first-order chi connectivity index (χ1) is 7.65. The van der Waals surface area contributed by atoms with Crippen LogP contribution < -0.4 is 5.32 Å². The SMILES string of the molecule is CCCCCCNc1c(C)cc(Br)cc1C. The number of rotatable bonds is 6. The summed E-state index contributed by atoms with van der Waals surface area (Å²) in [6, 6.07) is 4.34. The zero-order chi connectivity index (χ0) is 12.0. The lowest BCUT2D eigenvalue weighted by molar-refractivity contribution is 0.685. The highest BCUT2D eigenvalue weighted by atomic mass is 79.9. The van der Waals surface area contributed by atoms with E-state index in [1.807, 2.05) is 0 Å². The van der Waals surface area contributed by atoms with Crippen molar-refractivity contribution in [2.45, 2.75) is 46.5 Å². The van der Waals surface area contributed by atoms with Crippen LogP contribution in [-0.4, -0.2) is 6.54 Å². The van der Waals surface area contributed by atoms with Gasteiger partial charge in [0.2, 0.25) is 0 Å². The molecule has 1 N–H and O–H groups in total. The van der Waals surface area contributed by atoms with E-state index in [9.17, 15) is 0 Å². The third-order valence-electron chi connectivity index (χ3n) is 2.83. The van der Waals surface area contributed by atoms with E-state index >= 15 is 0 Å². The van der Waals surface area contributed by atoms with E-state index in [-0.39, 0.29) is 0 Å². The minimum atomic E-state index is 1.09. The van der Waals surface area contributed by atoms with E-state index in [1.54, 1.807) is 0 Å². The minimum Gasteiger partial charge on any atom is -0.385 e. The molecule has 0 aliphatic rings. The van der Waals surface area contributed by atoms with Crippen molar-refractivity contribution >= 4 is 21.6 Å². The molecular formula is C14H22BrN. The van der Waals surface area contributed by atoms with Crippen LogP contribution in [0.4, 0.5) is 5.69 Å². The zero-order valence-electron chi connectivity index (χ0n) is 10.6. The van der Waals surface area contributed by atoms with Crippen molar-refractivity contribution in [2.75, 3.05) is 11.9 Å². The Balaban J connectivity index is 2.47. The highest BCUT2D eigenvalue weighted by Crippen LogP contribution is 2.25. The monoisotopic (exact) mass is 283 g/mol. The predicted octanol–water partition coefficient (Wildman–Crippen LogP) is 5.06. The largest absolute Gasteiger partial charge is 0.385 e. The van der Waals surface area contributed by atoms with Crippen molar-refractivity contribution in [3.63, 3.8) is 0 Å². The van der Waals surface area contributed by atoms with Crippen LogP contribution in [0.1, 0.15) is 43.7 Å². The van der Waals surface area contributed by atoms with Crippen LogP contribution in [-0.2, 0) is 0 Å². The molecule has 1 aromatic rings. The second kappa shape index (κ2) is 6.95. The van der Waals surface area contributed by atoms with Crippen molar-refractivity contribution < 1.29 is 0 Å². The Morgan fingerprint density at radius 1 is 1.06 bits per heavy atom. The molecule has 0 unspecified atom stereocenters. The lowest BCUT2D eigenvalue weighted by Crippen LogP contribution is -2.04. The van der Waals surface area contributed by atoms with Gasteiger partial charge in [-0.05, 0) is 43.5 Å². The molecule has 1 aromatic carbocycles. The van der Waals surface area contributed by atoms with Crippen LogP contribution in [0.5, 0.6) is 0 Å². The van der Waals surface area contributed by atoms with Crippen molar-refractivity contribution in [2.24, 2.45) is 0 Å². The summed E-state index contributed by atoms with van der Waals surface area (Å²) in [6.45, 7) is 7.65. The summed E-state index contributed by atoms with van der Waals surface area (Å²) >= 11 is 3.52. The fourth-order valence-corrected chi connectivity index (χ4v) is 2.64. The van der Waals surface area contributed by atoms with E-state index in [1.165, 1.54) is 47.0 Å². The van der Waals surface area contributed by atoms with Gasteiger partial charge in [0, 0.05) is 16.7 Å². The van der Waals surface area contributed by atoms with Crippen molar-refractivity contribution in [3.8, 4) is 0 Å². The number of nitrogens with one attached hydrogen (secondary N) is 1. The first-order valence-corrected chi connectivity index (χ1v) is 6.95. The van der Waals surface area contributed by atoms with Crippen molar-refractivity contribution in [3.05, 3.63) is 27.7 Å². The lowest BCUT2D eigenvalue weighted by atomic mass is 10.1. The van der Waals surface area contributed by atoms with Crippen LogP contribution >= 0.6 is 15.9 Å². The molecule has 0 heterocycles. The Bertz CT molecular complexity index is 311. The van der Waals surface area contributed by atoms with Gasteiger partial charge in [0.15, 0.2) is 0 Å². The molecule has 2 heteroatoms. The third-order valence-corrected chi connectivity index (χ3v) is 3.29. The average Bonchev–Trinajstić information content (AvgIpc) is 2.20. The van der Waals surface area contributed by atoms with Crippen LogP contribution in [0.2, 0.25) is 0 Å². The summed E-state index contributed by atoms with van der Waals surface area (Å²) in [6.07, 6.45) is 5.25. The second-order valence-electron chi connectivity index (χ2n) is 4.40. The summed E-state index contributed by atoms with van der Waals surface area (Å²) in [7, 11) is 0. The Morgan fingerprint density at radius 2 is 1.69 bits per heavy atom. The molecule has 0 saturated heterocycles. The van der Waals surface area contributed by atoms with E-state index in [2.05, 4.69) is 54.2 Å². The Hall–Kier alpha value is -0.500. The van der Waals surface area contributed by atoms with Crippen LogP contribution in [0.15, 0.2) is 16.6 Å². The van der Waals surface area contributed by atoms with Gasteiger partial charge in [-0.25, -0.2) is 0 Å². The van der Waals surface area contributed by atoms with Gasteiger partial charge in [0.25, 0.3) is 0 Å². The second-order valence-corrected chi connectivity index (χ2v) is 5.32. The maximum atomic E-state index is 3.55. The molecule has 0 amide bonds. The van der Waals surface area contributed by atoms with E-state index in [0.29, 0.717) is 0 Å². The van der Waals surface area contributed by atoms with Gasteiger partial charge in [-0.2, -0.15) is 0 Å². The molecule has 0 saturated carbocycles. The topological polar surface area (TPSA) is 12.0 Å². The molecule has 0 aliphatic carbocycles. The number of aryl methyl sites for hydroxylation is 2. The average molecular weight is 284 g/mol. The smallest absolute Gasteiger partial charge is 0.0400 e. The van der Waals surface area contributed by atoms with Gasteiger partial charge in [-0.3, -0.25) is 0 Å². The van der Waals surface area contributed by atoms with Gasteiger partial charge >= 0.3 is 0 Å². The molecule has 0 aliphatic heterocycles. The summed E-state index contributed by atoms with van der Waals surface area (Å²) in [5.74, 6) is 0. The van der Waals surface area contributed by atoms with Crippen molar-refractivity contribution in [1.82, 2.24) is 0 Å². The maximum Gasteiger partial charge on any atom is 0.0400 e. The number of hydrogen-bond donors (Lipinski definition) is 1. The number of halogens is 1. The quantitative estimate of drug-likeness (QED) is 0.720. The van der Waals surface area contributed by atoms with E-state index in [0.717, 1.165) is 6.54 Å². The molecule has 1 nitrogen and oxygen atoms in total. The summed E-state index contributed by atoms with van der Waals surface area (Å²) in [5.41, 5.74) is 3.95. The molecular weight excluding hydrogens is 262 g/mol. The molecule has 0 fully saturated rings. The summed E-state index contributed by atoms with van der Waals surface area (Å²) < 4.78 is 1.17. The number of hydrogen-bond acceptors (Lipinski definition) is 1. The summed E-state index contributed by atoms with van der Waals surface area (Å²) in [4.78, 5) is 0. The standard InChI is InChI=1S/C14H22BrN/c1-4-5-6-7-8-16-14-11(2)9-13(15)10-12(14)3/h9-10,16H,4-8H2,1-3H3. The highest BCUT2D eigenvalue weighted by molar-refractivity contribution is 9.10. The zero-order valence-corrected chi connectivity index (χ0v) is 12.2. The number of anilines is 1. The van der Waals surface area contributed by atoms with Gasteiger partial charge < -0.3 is 5.32 Å². The lowest BCUT2D eigenvalue weighted by Gasteiger charge is -2.13. The molecule has 0 spiro atoms. The first-order valence-electron chi connectivity index (χ1n) is 6.15. The van der Waals surface area contributed by atoms with E-state index in [4.69, 9.17) is 0 Å². The van der Waals surface area contributed by atoms with Crippen LogP contribution in [0, 0.1) is 13.8 Å². The Morgan fingerprint density at radius 3 is 2.25 bits per heavy atom. The molecule has 1 rings (SSSR count). The predicted molar refractivity (Wildman–Crippen MR) is 76.2 cm³/mol. The van der Waals surface area contributed by atoms with Gasteiger partial charge in [-0.1, -0.05) is 42.1 Å². The fourth-order valence-electron chi connectivity index (χ4n) is 1.95. The van der Waals surface area contributed by atoms with Crippen LogP contribution in [0.3, 0.4) is 0 Å². The Kier molecular flexibility index (Phi) is 5.89. The highest BCUT2D eigenvalue weighted by Gasteiger charge is 2.02. The number of benzene rings is 1. The number of unbranched alkanes of at least 4 members (excludes halogenated alkanes) is 3. The molecule has 0 radical (unpaired) electrons. The molecule has 0 bridgehead atoms. The summed E-state index contributed by atoms with van der Waals surface area (Å²) in [5, 5.41) is 3.55. The van der Waals surface area contributed by atoms with Gasteiger partial charge in [-0.15, -0.1) is 0 Å². The molecule has 0 atom stereocenters. The van der Waals surface area contributed by atoms with E-state index < -0.39 is 0 Å². The molecule has 0 aromatic heterocycles. The minimum absolute atomic E-state index is 1.09. The molecule has 16 heavy (non-hydrogen) atoms. The first kappa shape index (κ1) is 13.6. The van der Waals surface area contributed by atoms with Gasteiger partial charge in [0.05, 0.1) is 0 Å². The van der Waals surface area contributed by atoms with Crippen LogP contribution in [0.25, 0.3) is 0 Å². The normalized spacial score (nSPS) is 10.5. The Labute approximate surface area is 108 Å². The van der Waals surface area contributed by atoms with Crippen molar-refractivity contribution in [1.29, 1.82) is 0 Å². The fraction of sp³-hybridized carbons (Fsp3) is 0.571. The third kappa shape index (κ3) is 4.17. The van der Waals surface area contributed by atoms with Gasteiger partial charge in [0.1, 0.15) is 0 Å². The molecule has 90 valence electrons. The maximum absolute atomic E-state index is 3.55.